The van der Waals surface area contributed by atoms with Crippen molar-refractivity contribution in [3.8, 4) is 0 Å². The summed E-state index contributed by atoms with van der Waals surface area (Å²) in [4.78, 5) is 14.6. The average molecular weight is 507 g/mol. The number of rotatable bonds is 6. The van der Waals surface area contributed by atoms with Crippen molar-refractivity contribution in [3.63, 3.8) is 0 Å². The Labute approximate surface area is 201 Å². The van der Waals surface area contributed by atoms with E-state index in [1.165, 1.54) is 27.8 Å². The summed E-state index contributed by atoms with van der Waals surface area (Å²) in [5.74, 6) is 0. The number of benzene rings is 1. The van der Waals surface area contributed by atoms with Crippen molar-refractivity contribution in [1.82, 2.24) is 13.9 Å². The molecule has 1 aromatic carbocycles. The highest BCUT2D eigenvalue weighted by Gasteiger charge is 2.33. The van der Waals surface area contributed by atoms with E-state index in [2.05, 4.69) is 16.1 Å². The summed E-state index contributed by atoms with van der Waals surface area (Å²) in [6.45, 7) is 2.43. The molecule has 9 nitrogen and oxygen atoms in total. The molecule has 34 heavy (non-hydrogen) atoms. The third-order valence-corrected chi connectivity index (χ3v) is 9.33. The van der Waals surface area contributed by atoms with Gasteiger partial charge in [-0.05, 0) is 71.9 Å². The van der Waals surface area contributed by atoms with E-state index in [-0.39, 0.29) is 0 Å². The second kappa shape index (κ2) is 8.78. The quantitative estimate of drug-likeness (QED) is 0.565. The summed E-state index contributed by atoms with van der Waals surface area (Å²) in [7, 11) is -7.14. The summed E-state index contributed by atoms with van der Waals surface area (Å²) in [6, 6.07) is 1.52. The van der Waals surface area contributed by atoms with E-state index in [0.29, 0.717) is 32.7 Å². The van der Waals surface area contributed by atoms with Crippen LogP contribution in [0.3, 0.4) is 0 Å². The Bertz CT molecular complexity index is 1260. The van der Waals surface area contributed by atoms with Gasteiger partial charge in [0.2, 0.25) is 10.0 Å². The number of hydrogen-bond donors (Lipinski definition) is 2. The molecule has 0 bridgehead atoms. The fraction of sp³-hybridized carbons (Fsp3) is 0.522. The zero-order chi connectivity index (χ0) is 24.1. The van der Waals surface area contributed by atoms with Crippen LogP contribution >= 0.6 is 0 Å². The molecule has 2 heterocycles. The Morgan fingerprint density at radius 2 is 1.53 bits per heavy atom. The van der Waals surface area contributed by atoms with E-state index in [4.69, 9.17) is 0 Å². The Balaban J connectivity index is 1.16. The van der Waals surface area contributed by atoms with Crippen molar-refractivity contribution in [2.75, 3.05) is 44.3 Å². The average Bonchev–Trinajstić information content (AvgIpc) is 3.49. The first-order valence-corrected chi connectivity index (χ1v) is 15.0. The molecule has 2 N–H and O–H groups in total. The number of aryl methyl sites for hydroxylation is 2. The molecule has 4 aliphatic rings. The van der Waals surface area contributed by atoms with Gasteiger partial charge in [0.1, 0.15) is 0 Å². The molecule has 2 aliphatic heterocycles. The minimum Gasteiger partial charge on any atom is -0.307 e. The van der Waals surface area contributed by atoms with E-state index in [1.807, 2.05) is 4.90 Å². The molecule has 0 aromatic heterocycles. The van der Waals surface area contributed by atoms with Crippen LogP contribution < -0.4 is 10.0 Å². The minimum atomic E-state index is -3.94. The van der Waals surface area contributed by atoms with Crippen molar-refractivity contribution in [1.29, 1.82) is 0 Å². The monoisotopic (exact) mass is 506 g/mol. The molecule has 0 unspecified atom stereocenters. The van der Waals surface area contributed by atoms with E-state index in [1.54, 1.807) is 0 Å². The number of amides is 2. The fourth-order valence-corrected chi connectivity index (χ4v) is 7.07. The van der Waals surface area contributed by atoms with Crippen LogP contribution in [0.1, 0.15) is 35.1 Å². The highest BCUT2D eigenvalue weighted by atomic mass is 32.2. The van der Waals surface area contributed by atoms with E-state index < -0.39 is 26.1 Å². The van der Waals surface area contributed by atoms with Gasteiger partial charge in [-0.15, -0.1) is 0 Å². The predicted molar refractivity (Wildman–Crippen MR) is 131 cm³/mol. The number of carbonyl (C=O) groups is 1. The minimum absolute atomic E-state index is 0.397. The van der Waals surface area contributed by atoms with Crippen LogP contribution in [0.4, 0.5) is 10.5 Å². The van der Waals surface area contributed by atoms with Crippen molar-refractivity contribution in [3.05, 3.63) is 51.0 Å². The number of nitrogens with one attached hydrogen (secondary N) is 2. The lowest BCUT2D eigenvalue weighted by atomic mass is 9.99. The maximum Gasteiger partial charge on any atom is 0.333 e. The largest absolute Gasteiger partial charge is 0.333 e. The van der Waals surface area contributed by atoms with E-state index in [0.717, 1.165) is 71.9 Å². The highest BCUT2D eigenvalue weighted by molar-refractivity contribution is 7.92. The molecule has 2 aliphatic carbocycles. The molecular weight excluding hydrogens is 476 g/mol. The standard InChI is InChI=1S/C23H30N4O5S2/c1-33(29,30)27-14-18-12-26(13-19(18)15-27)9-4-10-34(31,32)25-23(28)24-22-20-7-2-5-16(20)11-17-6-3-8-21(17)22/h4,10-11H,2-3,5-9,12-15H2,1H3,(H2,24,25,28)/b10-4+. The van der Waals surface area contributed by atoms with Crippen LogP contribution in [0.25, 0.3) is 0 Å². The van der Waals surface area contributed by atoms with Crippen molar-refractivity contribution in [2.24, 2.45) is 0 Å². The Kier molecular flexibility index (Phi) is 6.07. The normalized spacial score (nSPS) is 20.7. The maximum absolute atomic E-state index is 12.6. The van der Waals surface area contributed by atoms with Gasteiger partial charge >= 0.3 is 6.03 Å². The van der Waals surface area contributed by atoms with Crippen molar-refractivity contribution >= 4 is 31.8 Å². The van der Waals surface area contributed by atoms with Crippen LogP contribution in [-0.2, 0) is 45.7 Å². The van der Waals surface area contributed by atoms with Crippen molar-refractivity contribution < 1.29 is 21.6 Å². The van der Waals surface area contributed by atoms with E-state index >= 15 is 0 Å². The lowest BCUT2D eigenvalue weighted by molar-refractivity contribution is 0.256. The number of sulfonamides is 2. The van der Waals surface area contributed by atoms with Gasteiger partial charge in [0.15, 0.2) is 0 Å². The maximum atomic E-state index is 12.6. The molecular formula is C23H30N4O5S2. The van der Waals surface area contributed by atoms with Crippen LogP contribution in [0, 0.1) is 0 Å². The molecule has 0 fully saturated rings. The number of fused-ring (bicyclic) bond motifs is 2. The van der Waals surface area contributed by atoms with Crippen molar-refractivity contribution in [2.45, 2.75) is 38.5 Å². The van der Waals surface area contributed by atoms with Gasteiger partial charge in [0.05, 0.1) is 6.26 Å². The van der Waals surface area contributed by atoms with Gasteiger partial charge in [-0.2, -0.15) is 4.31 Å². The molecule has 0 saturated heterocycles. The topological polar surface area (TPSA) is 116 Å². The summed E-state index contributed by atoms with van der Waals surface area (Å²) < 4.78 is 51.9. The lowest BCUT2D eigenvalue weighted by Gasteiger charge is -2.20. The second-order valence-corrected chi connectivity index (χ2v) is 13.2. The first-order chi connectivity index (χ1) is 16.1. The second-order valence-electron chi connectivity index (χ2n) is 9.61. The summed E-state index contributed by atoms with van der Waals surface area (Å²) in [5, 5.41) is 3.87. The molecule has 11 heteroatoms. The third kappa shape index (κ3) is 4.79. The molecule has 0 atom stereocenters. The lowest BCUT2D eigenvalue weighted by Crippen LogP contribution is -2.34. The van der Waals surface area contributed by atoms with Gasteiger partial charge in [-0.3, -0.25) is 4.90 Å². The van der Waals surface area contributed by atoms with Gasteiger partial charge in [-0.1, -0.05) is 12.1 Å². The van der Waals surface area contributed by atoms with Gasteiger partial charge in [0.25, 0.3) is 10.0 Å². The fourth-order valence-electron chi connectivity index (χ4n) is 5.58. The van der Waals surface area contributed by atoms with Crippen LogP contribution in [-0.4, -0.2) is 71.1 Å². The smallest absolute Gasteiger partial charge is 0.307 e. The molecule has 5 rings (SSSR count). The van der Waals surface area contributed by atoms with Crippen LogP contribution in [0.2, 0.25) is 0 Å². The molecule has 2 amide bonds. The zero-order valence-corrected chi connectivity index (χ0v) is 20.9. The van der Waals surface area contributed by atoms with Crippen LogP contribution in [0.15, 0.2) is 28.7 Å². The first kappa shape index (κ1) is 23.5. The summed E-state index contributed by atoms with van der Waals surface area (Å²) in [6.07, 6.45) is 8.64. The molecule has 0 saturated carbocycles. The SMILES string of the molecule is CS(=O)(=O)N1CC2=C(CN(C/C=C/S(=O)(=O)NC(=O)Nc3c4c(cc5c3CCC5)CCC4)C2)C1. The van der Waals surface area contributed by atoms with Crippen LogP contribution in [0.5, 0.6) is 0 Å². The van der Waals surface area contributed by atoms with Gasteiger partial charge < -0.3 is 5.32 Å². The summed E-state index contributed by atoms with van der Waals surface area (Å²) >= 11 is 0. The summed E-state index contributed by atoms with van der Waals surface area (Å²) in [5.41, 5.74) is 7.80. The van der Waals surface area contributed by atoms with Gasteiger partial charge in [0, 0.05) is 43.8 Å². The van der Waals surface area contributed by atoms with E-state index in [9.17, 15) is 21.6 Å². The number of carbonyl (C=O) groups excluding carboxylic acids is 1. The molecule has 0 spiro atoms. The number of hydrogen-bond acceptors (Lipinski definition) is 6. The Morgan fingerprint density at radius 1 is 0.941 bits per heavy atom. The Morgan fingerprint density at radius 3 is 2.09 bits per heavy atom. The number of nitrogens with zero attached hydrogens (tertiary/aromatic N) is 2. The first-order valence-electron chi connectivity index (χ1n) is 11.6. The molecule has 184 valence electrons. The highest BCUT2D eigenvalue weighted by Crippen LogP contribution is 2.38. The zero-order valence-electron chi connectivity index (χ0n) is 19.3. The van der Waals surface area contributed by atoms with Gasteiger partial charge in [-0.25, -0.2) is 26.4 Å². The predicted octanol–water partition coefficient (Wildman–Crippen LogP) is 1.52. The number of anilines is 1. The Hall–Kier alpha value is -2.21. The third-order valence-electron chi connectivity index (χ3n) is 7.12. The molecule has 0 radical (unpaired) electrons. The molecule has 1 aromatic rings. The number of urea groups is 1.